The number of hydrogen-bond acceptors (Lipinski definition) is 5. The van der Waals surface area contributed by atoms with Crippen LogP contribution in [0.25, 0.3) is 0 Å². The number of hydrogen-bond donors (Lipinski definition) is 2. The molecule has 0 amide bonds. The number of halogens is 1. The Kier molecular flexibility index (Phi) is 6.35. The molecule has 0 radical (unpaired) electrons. The lowest BCUT2D eigenvalue weighted by Crippen LogP contribution is -2.27. The minimum absolute atomic E-state index is 0.0255. The van der Waals surface area contributed by atoms with Gasteiger partial charge in [-0.25, -0.2) is 8.42 Å². The Morgan fingerprint density at radius 1 is 1.26 bits per heavy atom. The zero-order valence-corrected chi connectivity index (χ0v) is 18.4. The maximum absolute atomic E-state index is 12.7. The number of aryl methyl sites for hydroxylation is 1. The average molecular weight is 504 g/mol. The van der Waals surface area contributed by atoms with Crippen molar-refractivity contribution in [3.05, 3.63) is 55.5 Å². The highest BCUT2D eigenvalue weighted by Gasteiger charge is 2.22. The highest BCUT2D eigenvalue weighted by molar-refractivity contribution is 14.1. The van der Waals surface area contributed by atoms with Crippen molar-refractivity contribution in [1.29, 1.82) is 0 Å². The van der Waals surface area contributed by atoms with E-state index in [1.807, 2.05) is 22.6 Å². The third-order valence-corrected chi connectivity index (χ3v) is 5.37. The van der Waals surface area contributed by atoms with E-state index in [4.69, 9.17) is 4.74 Å². The summed E-state index contributed by atoms with van der Waals surface area (Å²) in [7, 11) is -3.99. The summed E-state index contributed by atoms with van der Waals surface area (Å²) in [6, 6.07) is 7.83. The number of rotatable bonds is 5. The van der Waals surface area contributed by atoms with Gasteiger partial charge in [0.05, 0.1) is 11.3 Å². The van der Waals surface area contributed by atoms with Crippen molar-refractivity contribution < 1.29 is 17.9 Å². The molecule has 1 heterocycles. The van der Waals surface area contributed by atoms with Gasteiger partial charge in [0.2, 0.25) is 0 Å². The summed E-state index contributed by atoms with van der Waals surface area (Å²) in [5, 5.41) is 0. The number of sulfonamides is 1. The molecule has 0 bridgehead atoms. The van der Waals surface area contributed by atoms with E-state index in [0.717, 1.165) is 3.57 Å². The van der Waals surface area contributed by atoms with Crippen LogP contribution in [0.4, 0.5) is 5.69 Å². The molecule has 0 saturated carbocycles. The van der Waals surface area contributed by atoms with Gasteiger partial charge in [0.1, 0.15) is 11.3 Å². The molecule has 0 atom stereocenters. The van der Waals surface area contributed by atoms with Crippen molar-refractivity contribution in [2.75, 3.05) is 4.72 Å². The maximum Gasteiger partial charge on any atom is 0.310 e. The fourth-order valence-electron chi connectivity index (χ4n) is 2.37. The molecule has 0 aliphatic carbocycles. The summed E-state index contributed by atoms with van der Waals surface area (Å²) in [5.41, 5.74) is -0.739. The number of pyridine rings is 1. The van der Waals surface area contributed by atoms with Gasteiger partial charge in [-0.05, 0) is 80.1 Å². The summed E-state index contributed by atoms with van der Waals surface area (Å²) in [6.07, 6.45) is -0.230. The molecular weight excluding hydrogens is 483 g/mol. The standard InChI is InChI=1S/C18H21IN2O5S/c1-11-8-12(9-15(22)26-18(2,3)4)16(17(23)20-11)21-27(24,25)14-7-5-6-13(19)10-14/h5-8,10,21H,9H2,1-4H3,(H,20,23). The molecule has 146 valence electrons. The normalized spacial score (nSPS) is 11.9. The van der Waals surface area contributed by atoms with Crippen molar-refractivity contribution in [1.82, 2.24) is 4.98 Å². The van der Waals surface area contributed by atoms with Crippen molar-refractivity contribution in [3.63, 3.8) is 0 Å². The van der Waals surface area contributed by atoms with Gasteiger partial charge in [0.25, 0.3) is 15.6 Å². The first-order chi connectivity index (χ1) is 12.4. The second-order valence-corrected chi connectivity index (χ2v) is 9.94. The van der Waals surface area contributed by atoms with Crippen molar-refractivity contribution in [2.45, 2.75) is 44.6 Å². The number of aromatic nitrogens is 1. The van der Waals surface area contributed by atoms with Crippen LogP contribution in [-0.4, -0.2) is 25.0 Å². The lowest BCUT2D eigenvalue weighted by atomic mass is 10.1. The van der Waals surface area contributed by atoms with Crippen LogP contribution in [0.2, 0.25) is 0 Å². The minimum Gasteiger partial charge on any atom is -0.460 e. The first-order valence-corrected chi connectivity index (χ1v) is 10.7. The Labute approximate surface area is 171 Å². The molecular formula is C18H21IN2O5S. The molecule has 7 nitrogen and oxygen atoms in total. The van der Waals surface area contributed by atoms with Crippen LogP contribution in [0.1, 0.15) is 32.0 Å². The Morgan fingerprint density at radius 2 is 1.93 bits per heavy atom. The number of esters is 1. The number of H-pyrrole nitrogens is 1. The molecule has 0 unspecified atom stereocenters. The van der Waals surface area contributed by atoms with Gasteiger partial charge in [0.15, 0.2) is 0 Å². The Balaban J connectivity index is 2.42. The lowest BCUT2D eigenvalue weighted by Gasteiger charge is -2.20. The van der Waals surface area contributed by atoms with Crippen molar-refractivity contribution in [2.24, 2.45) is 0 Å². The van der Waals surface area contributed by atoms with Crippen LogP contribution in [0.15, 0.2) is 40.0 Å². The molecule has 0 aliphatic heterocycles. The van der Waals surface area contributed by atoms with Crippen LogP contribution in [-0.2, 0) is 26.0 Å². The summed E-state index contributed by atoms with van der Waals surface area (Å²) in [4.78, 5) is 27.1. The first kappa shape index (κ1) is 21.4. The van der Waals surface area contributed by atoms with Crippen molar-refractivity contribution >= 4 is 44.3 Å². The molecule has 0 fully saturated rings. The fourth-order valence-corrected chi connectivity index (χ4v) is 4.27. The summed E-state index contributed by atoms with van der Waals surface area (Å²) in [6.45, 7) is 6.84. The second-order valence-electron chi connectivity index (χ2n) is 7.01. The quantitative estimate of drug-likeness (QED) is 0.481. The van der Waals surface area contributed by atoms with Crippen molar-refractivity contribution in [3.8, 4) is 0 Å². The minimum atomic E-state index is -3.99. The van der Waals surface area contributed by atoms with Gasteiger partial charge in [-0.15, -0.1) is 0 Å². The number of aromatic amines is 1. The molecule has 0 spiro atoms. The fraction of sp³-hybridized carbons (Fsp3) is 0.333. The third kappa shape index (κ3) is 6.06. The summed E-state index contributed by atoms with van der Waals surface area (Å²) >= 11 is 2.00. The van der Waals surface area contributed by atoms with Crippen LogP contribution in [0, 0.1) is 10.5 Å². The van der Waals surface area contributed by atoms with Gasteiger partial charge in [0, 0.05) is 9.26 Å². The molecule has 1 aromatic heterocycles. The maximum atomic E-state index is 12.7. The molecule has 0 aliphatic rings. The van der Waals surface area contributed by atoms with Crippen LogP contribution in [0.5, 0.6) is 0 Å². The van der Waals surface area contributed by atoms with Crippen LogP contribution >= 0.6 is 22.6 Å². The van der Waals surface area contributed by atoms with E-state index in [2.05, 4.69) is 9.71 Å². The van der Waals surface area contributed by atoms with Gasteiger partial charge < -0.3 is 9.72 Å². The monoisotopic (exact) mass is 504 g/mol. The SMILES string of the molecule is Cc1cc(CC(=O)OC(C)(C)C)c(NS(=O)(=O)c2cccc(I)c2)c(=O)[nH]1. The number of ether oxygens (including phenoxy) is 1. The van der Waals surface area contributed by atoms with Gasteiger partial charge in [-0.3, -0.25) is 14.3 Å². The number of carbonyl (C=O) groups is 1. The molecule has 1 aromatic carbocycles. The summed E-state index contributed by atoms with van der Waals surface area (Å²) < 4.78 is 33.7. The van der Waals surface area contributed by atoms with E-state index in [9.17, 15) is 18.0 Å². The number of anilines is 1. The van der Waals surface area contributed by atoms with Crippen LogP contribution in [0.3, 0.4) is 0 Å². The molecule has 0 saturated heterocycles. The van der Waals surface area contributed by atoms with E-state index in [-0.39, 0.29) is 22.6 Å². The number of carbonyl (C=O) groups excluding carboxylic acids is 1. The topological polar surface area (TPSA) is 105 Å². The highest BCUT2D eigenvalue weighted by atomic mass is 127. The van der Waals surface area contributed by atoms with E-state index in [0.29, 0.717) is 5.69 Å². The van der Waals surface area contributed by atoms with Crippen LogP contribution < -0.4 is 10.3 Å². The molecule has 2 rings (SSSR count). The zero-order valence-electron chi connectivity index (χ0n) is 15.4. The van der Waals surface area contributed by atoms with Gasteiger partial charge in [-0.1, -0.05) is 6.07 Å². The molecule has 9 heteroatoms. The van der Waals surface area contributed by atoms with Gasteiger partial charge >= 0.3 is 5.97 Å². The zero-order chi connectivity index (χ0) is 20.4. The van der Waals surface area contributed by atoms with E-state index >= 15 is 0 Å². The summed E-state index contributed by atoms with van der Waals surface area (Å²) in [5.74, 6) is -0.554. The number of benzene rings is 1. The smallest absolute Gasteiger partial charge is 0.310 e. The predicted molar refractivity (Wildman–Crippen MR) is 111 cm³/mol. The first-order valence-electron chi connectivity index (χ1n) is 8.10. The van der Waals surface area contributed by atoms with E-state index < -0.39 is 27.2 Å². The molecule has 27 heavy (non-hydrogen) atoms. The second kappa shape index (κ2) is 8.01. The van der Waals surface area contributed by atoms with E-state index in [1.54, 1.807) is 45.9 Å². The Bertz CT molecular complexity index is 1020. The third-order valence-electron chi connectivity index (χ3n) is 3.35. The predicted octanol–water partition coefficient (Wildman–Crippen LogP) is 2.97. The Morgan fingerprint density at radius 3 is 2.52 bits per heavy atom. The lowest BCUT2D eigenvalue weighted by molar-refractivity contribution is -0.153. The largest absolute Gasteiger partial charge is 0.460 e. The Hall–Kier alpha value is -1.88. The van der Waals surface area contributed by atoms with E-state index in [1.165, 1.54) is 12.1 Å². The number of nitrogens with one attached hydrogen (secondary N) is 2. The van der Waals surface area contributed by atoms with Gasteiger partial charge in [-0.2, -0.15) is 0 Å². The molecule has 2 N–H and O–H groups in total. The highest BCUT2D eigenvalue weighted by Crippen LogP contribution is 2.20. The molecule has 2 aromatic rings. The average Bonchev–Trinajstić information content (AvgIpc) is 2.49.